The molecule has 3 atom stereocenters. The van der Waals surface area contributed by atoms with E-state index in [0.29, 0.717) is 11.8 Å². The largest absolute Gasteiger partial charge is 0.388 e. The zero-order valence-electron chi connectivity index (χ0n) is 13.5. The van der Waals surface area contributed by atoms with E-state index in [1.165, 1.54) is 12.8 Å². The maximum Gasteiger partial charge on any atom is 0.0860 e. The van der Waals surface area contributed by atoms with Gasteiger partial charge in [-0.05, 0) is 62.7 Å². The third-order valence-corrected chi connectivity index (χ3v) is 6.40. The molecule has 2 aliphatic rings. The molecule has 0 saturated heterocycles. The minimum absolute atomic E-state index is 0.467. The first-order chi connectivity index (χ1) is 9.46. The van der Waals surface area contributed by atoms with Crippen LogP contribution in [0.3, 0.4) is 0 Å². The van der Waals surface area contributed by atoms with Crippen LogP contribution in [0.25, 0.3) is 0 Å². The zero-order chi connectivity index (χ0) is 14.8. The van der Waals surface area contributed by atoms with Crippen LogP contribution < -0.4 is 0 Å². The molecule has 1 N–H and O–H groups in total. The summed E-state index contributed by atoms with van der Waals surface area (Å²) in [5.41, 5.74) is -1.20. The molecule has 3 unspecified atom stereocenters. The maximum atomic E-state index is 11.2. The second kappa shape index (κ2) is 6.06. The van der Waals surface area contributed by atoms with Gasteiger partial charge in [-0.2, -0.15) is 5.26 Å². The van der Waals surface area contributed by atoms with Crippen molar-refractivity contribution in [2.45, 2.75) is 84.2 Å². The van der Waals surface area contributed by atoms with E-state index in [9.17, 15) is 10.4 Å². The molecule has 0 aromatic rings. The minimum atomic E-state index is -0.731. The Labute approximate surface area is 124 Å². The first-order valence-corrected chi connectivity index (χ1v) is 8.60. The van der Waals surface area contributed by atoms with Crippen molar-refractivity contribution in [2.75, 3.05) is 0 Å². The highest BCUT2D eigenvalue weighted by Gasteiger charge is 2.54. The van der Waals surface area contributed by atoms with Crippen LogP contribution >= 0.6 is 0 Å². The topological polar surface area (TPSA) is 44.0 Å². The van der Waals surface area contributed by atoms with Crippen molar-refractivity contribution in [1.82, 2.24) is 0 Å². The quantitative estimate of drug-likeness (QED) is 0.814. The van der Waals surface area contributed by atoms with Crippen molar-refractivity contribution in [3.8, 4) is 6.07 Å². The second-order valence-corrected chi connectivity index (χ2v) is 7.65. The lowest BCUT2D eigenvalue weighted by Crippen LogP contribution is -2.53. The average molecular weight is 277 g/mol. The Morgan fingerprint density at radius 3 is 2.25 bits per heavy atom. The molecule has 2 rings (SSSR count). The summed E-state index contributed by atoms with van der Waals surface area (Å²) in [6.45, 7) is 6.76. The van der Waals surface area contributed by atoms with Crippen LogP contribution in [-0.2, 0) is 0 Å². The number of nitriles is 1. The molecule has 2 heteroatoms. The molecule has 0 aliphatic heterocycles. The number of rotatable bonds is 3. The first kappa shape index (κ1) is 15.8. The van der Waals surface area contributed by atoms with E-state index in [4.69, 9.17) is 0 Å². The highest BCUT2D eigenvalue weighted by molar-refractivity contribution is 5.14. The van der Waals surface area contributed by atoms with Crippen LogP contribution in [0.1, 0.15) is 78.6 Å². The molecule has 2 aliphatic carbocycles. The van der Waals surface area contributed by atoms with Crippen LogP contribution in [-0.4, -0.2) is 10.7 Å². The summed E-state index contributed by atoms with van der Waals surface area (Å²) in [5.74, 6) is 2.00. The minimum Gasteiger partial charge on any atom is -0.388 e. The van der Waals surface area contributed by atoms with Gasteiger partial charge < -0.3 is 5.11 Å². The number of hydrogen-bond acceptors (Lipinski definition) is 2. The third-order valence-electron chi connectivity index (χ3n) is 6.40. The maximum absolute atomic E-state index is 11.2. The molecule has 114 valence electrons. The van der Waals surface area contributed by atoms with Gasteiger partial charge in [-0.15, -0.1) is 0 Å². The molecule has 0 aromatic heterocycles. The van der Waals surface area contributed by atoms with Crippen molar-refractivity contribution < 1.29 is 5.11 Å². The van der Waals surface area contributed by atoms with Gasteiger partial charge >= 0.3 is 0 Å². The van der Waals surface area contributed by atoms with Gasteiger partial charge in [0.25, 0.3) is 0 Å². The van der Waals surface area contributed by atoms with E-state index in [1.54, 1.807) is 0 Å². The van der Waals surface area contributed by atoms with Gasteiger partial charge in [0.05, 0.1) is 17.1 Å². The molecule has 2 fully saturated rings. The van der Waals surface area contributed by atoms with Gasteiger partial charge in [-0.1, -0.05) is 33.6 Å². The van der Waals surface area contributed by atoms with E-state index in [-0.39, 0.29) is 0 Å². The fraction of sp³-hybridized carbons (Fsp3) is 0.944. The van der Waals surface area contributed by atoms with Gasteiger partial charge in [0.15, 0.2) is 0 Å². The normalized spacial score (nSPS) is 45.9. The molecule has 20 heavy (non-hydrogen) atoms. The van der Waals surface area contributed by atoms with Crippen molar-refractivity contribution in [2.24, 2.45) is 23.2 Å². The molecule has 2 nitrogen and oxygen atoms in total. The highest BCUT2D eigenvalue weighted by atomic mass is 16.3. The standard InChI is InChI=1S/C18H31NO/c1-4-5-16-7-9-17(13-19,10-8-16)18(20)11-6-14(2)15(3)12-18/h14-16,20H,4-12H2,1-3H3. The molecule has 2 saturated carbocycles. The van der Waals surface area contributed by atoms with E-state index in [2.05, 4.69) is 26.8 Å². The van der Waals surface area contributed by atoms with Gasteiger partial charge in [-0.3, -0.25) is 0 Å². The first-order valence-electron chi connectivity index (χ1n) is 8.60. The van der Waals surface area contributed by atoms with Gasteiger partial charge in [-0.25, -0.2) is 0 Å². The molecule has 0 spiro atoms. The summed E-state index contributed by atoms with van der Waals surface area (Å²) in [6.07, 6.45) is 9.32. The summed E-state index contributed by atoms with van der Waals surface area (Å²) >= 11 is 0. The summed E-state index contributed by atoms with van der Waals surface area (Å²) < 4.78 is 0. The Bertz CT molecular complexity index is 364. The lowest BCUT2D eigenvalue weighted by molar-refractivity contribution is -0.121. The van der Waals surface area contributed by atoms with Crippen molar-refractivity contribution in [3.63, 3.8) is 0 Å². The lowest BCUT2D eigenvalue weighted by atomic mass is 9.55. The van der Waals surface area contributed by atoms with Crippen LogP contribution in [0, 0.1) is 34.5 Å². The van der Waals surface area contributed by atoms with E-state index >= 15 is 0 Å². The Balaban J connectivity index is 2.10. The Morgan fingerprint density at radius 1 is 1.10 bits per heavy atom. The summed E-state index contributed by atoms with van der Waals surface area (Å²) in [5, 5.41) is 21.0. The number of nitrogens with zero attached hydrogens (tertiary/aromatic N) is 1. The fourth-order valence-electron chi connectivity index (χ4n) is 4.57. The number of hydrogen-bond donors (Lipinski definition) is 1. The van der Waals surface area contributed by atoms with Gasteiger partial charge in [0.2, 0.25) is 0 Å². The van der Waals surface area contributed by atoms with Crippen LogP contribution in [0.5, 0.6) is 0 Å². The molecular weight excluding hydrogens is 246 g/mol. The highest BCUT2D eigenvalue weighted by Crippen LogP contribution is 2.53. The van der Waals surface area contributed by atoms with Gasteiger partial charge in [0, 0.05) is 0 Å². The fourth-order valence-corrected chi connectivity index (χ4v) is 4.57. The predicted octanol–water partition coefficient (Wildman–Crippen LogP) is 4.67. The summed E-state index contributed by atoms with van der Waals surface area (Å²) in [7, 11) is 0. The molecule has 0 bridgehead atoms. The average Bonchev–Trinajstić information content (AvgIpc) is 2.45. The summed E-state index contributed by atoms with van der Waals surface area (Å²) in [6, 6.07) is 2.58. The SMILES string of the molecule is CCCC1CCC(C#N)(C2(O)CCC(C)C(C)C2)CC1. The van der Waals surface area contributed by atoms with E-state index in [0.717, 1.165) is 50.9 Å². The molecule has 0 radical (unpaired) electrons. The monoisotopic (exact) mass is 277 g/mol. The van der Waals surface area contributed by atoms with Crippen LogP contribution in [0.2, 0.25) is 0 Å². The molecular formula is C18H31NO. The molecule has 0 aromatic carbocycles. The predicted molar refractivity (Wildman–Crippen MR) is 82.0 cm³/mol. The van der Waals surface area contributed by atoms with E-state index < -0.39 is 11.0 Å². The Kier molecular flexibility index (Phi) is 4.80. The van der Waals surface area contributed by atoms with Crippen molar-refractivity contribution in [1.29, 1.82) is 5.26 Å². The van der Waals surface area contributed by atoms with Crippen molar-refractivity contribution >= 4 is 0 Å². The summed E-state index contributed by atoms with van der Waals surface area (Å²) in [4.78, 5) is 0. The van der Waals surface area contributed by atoms with Crippen LogP contribution in [0.15, 0.2) is 0 Å². The zero-order valence-corrected chi connectivity index (χ0v) is 13.5. The lowest BCUT2D eigenvalue weighted by Gasteiger charge is -2.51. The Morgan fingerprint density at radius 2 is 1.75 bits per heavy atom. The molecule has 0 amide bonds. The Hall–Kier alpha value is -0.550. The third kappa shape index (κ3) is 2.75. The van der Waals surface area contributed by atoms with Gasteiger partial charge in [0.1, 0.15) is 0 Å². The second-order valence-electron chi connectivity index (χ2n) is 7.65. The molecule has 0 heterocycles. The van der Waals surface area contributed by atoms with Crippen molar-refractivity contribution in [3.05, 3.63) is 0 Å². The van der Waals surface area contributed by atoms with Crippen LogP contribution in [0.4, 0.5) is 0 Å². The van der Waals surface area contributed by atoms with E-state index in [1.807, 2.05) is 0 Å². The number of aliphatic hydroxyl groups is 1. The smallest absolute Gasteiger partial charge is 0.0860 e.